The molecule has 2 aliphatic heterocycles. The molecule has 2 heterocycles. The largest absolute Gasteiger partial charge is 0.457 e. The summed E-state index contributed by atoms with van der Waals surface area (Å²) in [4.78, 5) is 2.46. The average molecular weight is 982 g/mol. The van der Waals surface area contributed by atoms with Crippen molar-refractivity contribution in [3.8, 4) is 78.6 Å². The maximum absolute atomic E-state index is 6.74. The topological polar surface area (TPSA) is 21.7 Å². The zero-order valence-corrected chi connectivity index (χ0v) is 41.9. The molecule has 77 heavy (non-hydrogen) atoms. The van der Waals surface area contributed by atoms with E-state index in [0.717, 1.165) is 73.4 Å². The summed E-state index contributed by atoms with van der Waals surface area (Å²) in [6.45, 7) is 0. The maximum Gasteiger partial charge on any atom is 0.132 e. The lowest BCUT2D eigenvalue weighted by Gasteiger charge is -2.39. The Balaban J connectivity index is 0.871. The van der Waals surface area contributed by atoms with Gasteiger partial charge in [-0.15, -0.1) is 0 Å². The van der Waals surface area contributed by atoms with Crippen LogP contribution in [0.2, 0.25) is 0 Å². The van der Waals surface area contributed by atoms with Crippen LogP contribution < -0.4 is 14.4 Å². The smallest absolute Gasteiger partial charge is 0.132 e. The van der Waals surface area contributed by atoms with E-state index < -0.39 is 10.8 Å². The second-order valence-corrected chi connectivity index (χ2v) is 20.6. The molecule has 2 aliphatic carbocycles. The van der Waals surface area contributed by atoms with Crippen molar-refractivity contribution in [3.05, 3.63) is 330 Å². The van der Waals surface area contributed by atoms with Gasteiger partial charge in [0.25, 0.3) is 0 Å². The molecule has 3 nitrogen and oxygen atoms in total. The molecule has 0 bridgehead atoms. The lowest BCUT2D eigenvalue weighted by Crippen LogP contribution is -2.32. The third-order valence-electron chi connectivity index (χ3n) is 16.8. The van der Waals surface area contributed by atoms with Crippen molar-refractivity contribution in [2.24, 2.45) is 0 Å². The number of benzene rings is 12. The molecule has 0 atom stereocenters. The van der Waals surface area contributed by atoms with Gasteiger partial charge < -0.3 is 14.4 Å². The SMILES string of the molecule is c1ccc(-c2ccc(-c3ccccc3N(c3ccc(-c4ccc5c(c4)-c4ccccc4C54c5ccccc5Oc5ccccc54)cc3)c3ccc4c(c3)C3(c5ccccc5Oc5ccccc53)c3ccccc3-4)cc2)cc1. The lowest BCUT2D eigenvalue weighted by molar-refractivity contribution is 0.436. The predicted octanol–water partition coefficient (Wildman–Crippen LogP) is 19.1. The molecule has 0 saturated carbocycles. The van der Waals surface area contributed by atoms with Crippen molar-refractivity contribution in [2.45, 2.75) is 10.8 Å². The van der Waals surface area contributed by atoms with Gasteiger partial charge in [-0.05, 0) is 133 Å². The Morgan fingerprint density at radius 1 is 0.221 bits per heavy atom. The number of fused-ring (bicyclic) bond motifs is 18. The predicted molar refractivity (Wildman–Crippen MR) is 312 cm³/mol. The minimum Gasteiger partial charge on any atom is -0.457 e. The number of rotatable bonds is 6. The van der Waals surface area contributed by atoms with Crippen LogP contribution in [0.3, 0.4) is 0 Å². The fourth-order valence-electron chi connectivity index (χ4n) is 13.6. The first kappa shape index (κ1) is 43.4. The van der Waals surface area contributed by atoms with Gasteiger partial charge in [-0.25, -0.2) is 0 Å². The van der Waals surface area contributed by atoms with E-state index in [1.54, 1.807) is 0 Å². The average Bonchev–Trinajstić information content (AvgIpc) is 4.16. The number of nitrogens with zero attached hydrogens (tertiary/aromatic N) is 1. The second kappa shape index (κ2) is 16.8. The third-order valence-corrected chi connectivity index (χ3v) is 16.8. The number of anilines is 3. The molecule has 16 rings (SSSR count). The van der Waals surface area contributed by atoms with Gasteiger partial charge in [0.1, 0.15) is 23.0 Å². The van der Waals surface area contributed by atoms with Crippen LogP contribution >= 0.6 is 0 Å². The van der Waals surface area contributed by atoms with Crippen molar-refractivity contribution in [2.75, 3.05) is 4.90 Å². The van der Waals surface area contributed by atoms with E-state index >= 15 is 0 Å². The van der Waals surface area contributed by atoms with Crippen LogP contribution in [0.5, 0.6) is 23.0 Å². The molecule has 0 N–H and O–H groups in total. The van der Waals surface area contributed by atoms with Crippen LogP contribution in [-0.4, -0.2) is 0 Å². The molecule has 2 spiro atoms. The molecule has 0 amide bonds. The van der Waals surface area contributed by atoms with Crippen molar-refractivity contribution < 1.29 is 9.47 Å². The Kier molecular flexibility index (Phi) is 9.47. The summed E-state index contributed by atoms with van der Waals surface area (Å²) in [7, 11) is 0. The fraction of sp³-hybridized carbons (Fsp3) is 0.0270. The highest BCUT2D eigenvalue weighted by atomic mass is 16.5. The van der Waals surface area contributed by atoms with E-state index in [-0.39, 0.29) is 0 Å². The van der Waals surface area contributed by atoms with E-state index in [1.165, 1.54) is 66.8 Å². The number of hydrogen-bond donors (Lipinski definition) is 0. The Morgan fingerprint density at radius 3 is 1.18 bits per heavy atom. The first-order valence-corrected chi connectivity index (χ1v) is 26.6. The molecule has 0 radical (unpaired) electrons. The molecule has 360 valence electrons. The molecule has 12 aromatic carbocycles. The third kappa shape index (κ3) is 6.20. The minimum atomic E-state index is -0.616. The number of ether oxygens (including phenoxy) is 2. The number of hydrogen-bond acceptors (Lipinski definition) is 3. The maximum atomic E-state index is 6.74. The van der Waals surface area contributed by atoms with E-state index in [4.69, 9.17) is 9.47 Å². The zero-order valence-electron chi connectivity index (χ0n) is 41.9. The normalized spacial score (nSPS) is 13.9. The molecular formula is C74H47NO2. The van der Waals surface area contributed by atoms with E-state index in [2.05, 4.69) is 290 Å². The lowest BCUT2D eigenvalue weighted by atomic mass is 9.66. The summed E-state index contributed by atoms with van der Waals surface area (Å²) < 4.78 is 13.4. The molecule has 12 aromatic rings. The molecule has 0 fully saturated rings. The Labute approximate surface area is 448 Å². The van der Waals surface area contributed by atoms with Crippen LogP contribution in [0, 0.1) is 0 Å². The highest BCUT2D eigenvalue weighted by Gasteiger charge is 2.52. The van der Waals surface area contributed by atoms with Gasteiger partial charge in [0.2, 0.25) is 0 Å². The van der Waals surface area contributed by atoms with E-state index in [9.17, 15) is 0 Å². The second-order valence-electron chi connectivity index (χ2n) is 20.6. The van der Waals surface area contributed by atoms with Gasteiger partial charge in [0.15, 0.2) is 0 Å². The van der Waals surface area contributed by atoms with Gasteiger partial charge in [-0.1, -0.05) is 224 Å². The van der Waals surface area contributed by atoms with E-state index in [0.29, 0.717) is 0 Å². The molecule has 4 aliphatic rings. The van der Waals surface area contributed by atoms with Crippen molar-refractivity contribution in [1.29, 1.82) is 0 Å². The minimum absolute atomic E-state index is 0.514. The molecule has 0 unspecified atom stereocenters. The van der Waals surface area contributed by atoms with Crippen LogP contribution in [0.1, 0.15) is 44.5 Å². The summed E-state index contributed by atoms with van der Waals surface area (Å²) in [5.74, 6) is 3.55. The van der Waals surface area contributed by atoms with Crippen molar-refractivity contribution in [1.82, 2.24) is 0 Å². The first-order valence-electron chi connectivity index (χ1n) is 26.6. The van der Waals surface area contributed by atoms with Crippen LogP contribution in [0.4, 0.5) is 17.1 Å². The van der Waals surface area contributed by atoms with Gasteiger partial charge >= 0.3 is 0 Å². The van der Waals surface area contributed by atoms with Crippen molar-refractivity contribution >= 4 is 17.1 Å². The van der Waals surface area contributed by atoms with Crippen molar-refractivity contribution in [3.63, 3.8) is 0 Å². The van der Waals surface area contributed by atoms with Crippen LogP contribution in [0.25, 0.3) is 55.6 Å². The monoisotopic (exact) mass is 981 g/mol. The number of para-hydroxylation sites is 5. The van der Waals surface area contributed by atoms with Gasteiger partial charge in [-0.3, -0.25) is 0 Å². The summed E-state index contributed by atoms with van der Waals surface area (Å²) in [6.07, 6.45) is 0. The zero-order chi connectivity index (χ0) is 50.7. The van der Waals surface area contributed by atoms with Gasteiger partial charge in [0.05, 0.1) is 16.5 Å². The van der Waals surface area contributed by atoms with Crippen LogP contribution in [-0.2, 0) is 10.8 Å². The summed E-state index contributed by atoms with van der Waals surface area (Å²) in [5.41, 5.74) is 23.7. The highest BCUT2D eigenvalue weighted by Crippen LogP contribution is 2.64. The Bertz CT molecular complexity index is 4250. The highest BCUT2D eigenvalue weighted by molar-refractivity contribution is 5.95. The molecule has 0 saturated heterocycles. The summed E-state index contributed by atoms with van der Waals surface area (Å²) in [6, 6.07) is 104. The summed E-state index contributed by atoms with van der Waals surface area (Å²) >= 11 is 0. The molecule has 0 aromatic heterocycles. The Morgan fingerprint density at radius 2 is 0.597 bits per heavy atom. The quantitative estimate of drug-likeness (QED) is 0.166. The van der Waals surface area contributed by atoms with Gasteiger partial charge in [-0.2, -0.15) is 0 Å². The van der Waals surface area contributed by atoms with E-state index in [1.807, 2.05) is 0 Å². The summed E-state index contributed by atoms with van der Waals surface area (Å²) in [5, 5.41) is 0. The molecular weight excluding hydrogens is 935 g/mol. The molecule has 3 heteroatoms. The van der Waals surface area contributed by atoms with Gasteiger partial charge in [0, 0.05) is 39.2 Å². The first-order chi connectivity index (χ1) is 38.2. The standard InChI is InChI=1S/C74H47NO2/c1-2-18-48(19-3-1)49-34-36-51(37-35-49)55-20-6-13-29-68(55)75(54-43-44-58-56-21-4-7-23-60(56)74(67(58)47-54)65-27-11-16-32-71(65)77-72-33-17-12-28-66(72)74)53-41-38-50(39-42-53)52-40-45-62-59(46-52)57-22-5-8-24-61(57)73(62)63-25-9-14-30-69(63)76-70-31-15-10-26-64(70)73/h1-47H. The fourth-order valence-corrected chi connectivity index (χ4v) is 13.6. The van der Waals surface area contributed by atoms with Crippen LogP contribution in [0.15, 0.2) is 285 Å². The Hall–Kier alpha value is -9.96.